The third-order valence-electron chi connectivity index (χ3n) is 4.38. The van der Waals surface area contributed by atoms with Gasteiger partial charge in [-0.1, -0.05) is 0 Å². The minimum Gasteiger partial charge on any atom is -0.472 e. The highest BCUT2D eigenvalue weighted by atomic mass is 32.2. The minimum absolute atomic E-state index is 0.0847. The Morgan fingerprint density at radius 2 is 2.23 bits per heavy atom. The van der Waals surface area contributed by atoms with E-state index in [1.165, 1.54) is 0 Å². The summed E-state index contributed by atoms with van der Waals surface area (Å²) >= 11 is 1.97. The fourth-order valence-corrected chi connectivity index (χ4v) is 4.50. The number of hydrogen-bond acceptors (Lipinski definition) is 5. The van der Waals surface area contributed by atoms with E-state index in [2.05, 4.69) is 15.5 Å². The van der Waals surface area contributed by atoms with Crippen molar-refractivity contribution >= 4 is 17.8 Å². The van der Waals surface area contributed by atoms with Crippen molar-refractivity contribution in [2.24, 2.45) is 0 Å². The van der Waals surface area contributed by atoms with Crippen molar-refractivity contribution < 1.29 is 13.9 Å². The van der Waals surface area contributed by atoms with E-state index >= 15 is 0 Å². The van der Waals surface area contributed by atoms with Gasteiger partial charge in [-0.25, -0.2) is 4.79 Å². The number of rotatable bonds is 5. The molecule has 0 bridgehead atoms. The summed E-state index contributed by atoms with van der Waals surface area (Å²) in [6, 6.07) is 1.73. The second kappa shape index (κ2) is 7.39. The lowest BCUT2D eigenvalue weighted by molar-refractivity contribution is -0.0124. The molecule has 0 aromatic carbocycles. The molecule has 2 fully saturated rings. The maximum atomic E-state index is 12.0. The molecule has 7 heteroatoms. The molecule has 1 unspecified atom stereocenters. The summed E-state index contributed by atoms with van der Waals surface area (Å²) in [4.78, 5) is 14.5. The van der Waals surface area contributed by atoms with E-state index in [0.29, 0.717) is 13.1 Å². The molecule has 3 rings (SSSR count). The van der Waals surface area contributed by atoms with Gasteiger partial charge in [0.05, 0.1) is 25.7 Å². The summed E-state index contributed by atoms with van der Waals surface area (Å²) in [7, 11) is 0. The van der Waals surface area contributed by atoms with Gasteiger partial charge in [-0.15, -0.1) is 0 Å². The SMILES string of the molecule is O=C(NCc1ccoc1)NCC1(N2CCOCC2)CCSC1. The predicted molar refractivity (Wildman–Crippen MR) is 86.0 cm³/mol. The number of furan rings is 1. The quantitative estimate of drug-likeness (QED) is 0.854. The summed E-state index contributed by atoms with van der Waals surface area (Å²) in [6.45, 7) is 4.68. The van der Waals surface area contributed by atoms with E-state index in [9.17, 15) is 4.79 Å². The zero-order valence-electron chi connectivity index (χ0n) is 12.7. The molecule has 0 aliphatic carbocycles. The van der Waals surface area contributed by atoms with Crippen molar-refractivity contribution in [2.75, 3.05) is 44.4 Å². The van der Waals surface area contributed by atoms with E-state index in [0.717, 1.165) is 49.8 Å². The van der Waals surface area contributed by atoms with Crippen LogP contribution in [0.2, 0.25) is 0 Å². The van der Waals surface area contributed by atoms with Crippen LogP contribution in [0.3, 0.4) is 0 Å². The standard InChI is InChI=1S/C15H23N3O3S/c19-14(16-9-13-1-5-21-10-13)17-11-15(2-8-22-12-15)18-3-6-20-7-4-18/h1,5,10H,2-4,6-9,11-12H2,(H2,16,17,19). The van der Waals surface area contributed by atoms with Crippen molar-refractivity contribution in [1.82, 2.24) is 15.5 Å². The highest BCUT2D eigenvalue weighted by molar-refractivity contribution is 7.99. The third-order valence-corrected chi connectivity index (χ3v) is 5.61. The van der Waals surface area contributed by atoms with E-state index in [4.69, 9.17) is 9.15 Å². The summed E-state index contributed by atoms with van der Waals surface area (Å²) in [5, 5.41) is 5.92. The average molecular weight is 325 g/mol. The molecule has 2 N–H and O–H groups in total. The summed E-state index contributed by atoms with van der Waals surface area (Å²) < 4.78 is 10.4. The molecule has 0 saturated carbocycles. The number of urea groups is 1. The lowest BCUT2D eigenvalue weighted by Crippen LogP contribution is -2.59. The Morgan fingerprint density at radius 1 is 1.36 bits per heavy atom. The van der Waals surface area contributed by atoms with Gasteiger partial charge >= 0.3 is 6.03 Å². The Morgan fingerprint density at radius 3 is 2.91 bits per heavy atom. The predicted octanol–water partition coefficient (Wildman–Crippen LogP) is 1.29. The van der Waals surface area contributed by atoms with Crippen LogP contribution in [0.25, 0.3) is 0 Å². The monoisotopic (exact) mass is 325 g/mol. The molecule has 6 nitrogen and oxygen atoms in total. The van der Waals surface area contributed by atoms with Crippen LogP contribution in [-0.2, 0) is 11.3 Å². The Balaban J connectivity index is 1.49. The van der Waals surface area contributed by atoms with Crippen molar-refractivity contribution in [2.45, 2.75) is 18.5 Å². The second-order valence-corrected chi connectivity index (χ2v) is 6.90. The van der Waals surface area contributed by atoms with E-state index in [1.807, 2.05) is 17.8 Å². The number of nitrogens with zero attached hydrogens (tertiary/aromatic N) is 1. The fraction of sp³-hybridized carbons (Fsp3) is 0.667. The van der Waals surface area contributed by atoms with Gasteiger partial charge < -0.3 is 19.8 Å². The topological polar surface area (TPSA) is 66.7 Å². The maximum absolute atomic E-state index is 12.0. The van der Waals surface area contributed by atoms with Gasteiger partial charge in [-0.05, 0) is 18.2 Å². The molecule has 0 radical (unpaired) electrons. The molecule has 1 atom stereocenters. The van der Waals surface area contributed by atoms with E-state index in [-0.39, 0.29) is 11.6 Å². The molecule has 122 valence electrons. The highest BCUT2D eigenvalue weighted by Crippen LogP contribution is 2.33. The van der Waals surface area contributed by atoms with Crippen LogP contribution in [0.1, 0.15) is 12.0 Å². The highest BCUT2D eigenvalue weighted by Gasteiger charge is 2.40. The molecule has 22 heavy (non-hydrogen) atoms. The number of thioether (sulfide) groups is 1. The lowest BCUT2D eigenvalue weighted by atomic mass is 9.95. The smallest absolute Gasteiger partial charge is 0.315 e. The first-order valence-corrected chi connectivity index (χ1v) is 8.87. The lowest BCUT2D eigenvalue weighted by Gasteiger charge is -2.43. The van der Waals surface area contributed by atoms with Crippen LogP contribution in [0.4, 0.5) is 4.79 Å². The van der Waals surface area contributed by atoms with Crippen molar-refractivity contribution in [1.29, 1.82) is 0 Å². The van der Waals surface area contributed by atoms with Crippen molar-refractivity contribution in [3.63, 3.8) is 0 Å². The fourth-order valence-electron chi connectivity index (χ4n) is 3.02. The molecular formula is C15H23N3O3S. The van der Waals surface area contributed by atoms with Gasteiger partial charge in [-0.2, -0.15) is 11.8 Å². The van der Waals surface area contributed by atoms with Crippen molar-refractivity contribution in [3.05, 3.63) is 24.2 Å². The maximum Gasteiger partial charge on any atom is 0.315 e. The molecule has 2 saturated heterocycles. The number of carbonyl (C=O) groups excluding carboxylic acids is 1. The van der Waals surface area contributed by atoms with Gasteiger partial charge in [0, 0.05) is 43.0 Å². The van der Waals surface area contributed by atoms with Crippen LogP contribution in [0.15, 0.2) is 23.0 Å². The van der Waals surface area contributed by atoms with Crippen LogP contribution < -0.4 is 10.6 Å². The largest absolute Gasteiger partial charge is 0.472 e. The van der Waals surface area contributed by atoms with Crippen molar-refractivity contribution in [3.8, 4) is 0 Å². The number of hydrogen-bond donors (Lipinski definition) is 2. The first-order chi connectivity index (χ1) is 10.8. The Hall–Kier alpha value is -1.18. The summed E-state index contributed by atoms with van der Waals surface area (Å²) in [5.41, 5.74) is 1.05. The average Bonchev–Trinajstić information content (AvgIpc) is 3.24. The first-order valence-electron chi connectivity index (χ1n) is 7.72. The number of carbonyl (C=O) groups is 1. The van der Waals surface area contributed by atoms with Gasteiger partial charge in [0.25, 0.3) is 0 Å². The third kappa shape index (κ3) is 3.77. The molecule has 2 aliphatic rings. The number of morpholine rings is 1. The van der Waals surface area contributed by atoms with Gasteiger partial charge in [0.1, 0.15) is 0 Å². The molecule has 2 aliphatic heterocycles. The van der Waals surface area contributed by atoms with Crippen LogP contribution >= 0.6 is 11.8 Å². The Labute approximate surface area is 134 Å². The normalized spacial score (nSPS) is 26.0. The van der Waals surface area contributed by atoms with Crippen LogP contribution in [-0.4, -0.2) is 60.8 Å². The molecular weight excluding hydrogens is 302 g/mol. The Kier molecular flexibility index (Phi) is 5.28. The molecule has 1 aromatic rings. The number of ether oxygens (including phenoxy) is 1. The summed E-state index contributed by atoms with van der Waals surface area (Å²) in [5.74, 6) is 2.24. The Bertz CT molecular complexity index is 468. The molecule has 0 spiro atoms. The van der Waals surface area contributed by atoms with Gasteiger partial charge in [0.2, 0.25) is 0 Å². The van der Waals surface area contributed by atoms with E-state index < -0.39 is 0 Å². The zero-order valence-corrected chi connectivity index (χ0v) is 13.5. The minimum atomic E-state index is -0.120. The van der Waals surface area contributed by atoms with Crippen LogP contribution in [0, 0.1) is 0 Å². The number of nitrogens with one attached hydrogen (secondary N) is 2. The number of amides is 2. The van der Waals surface area contributed by atoms with Crippen LogP contribution in [0.5, 0.6) is 0 Å². The van der Waals surface area contributed by atoms with Gasteiger partial charge in [0.15, 0.2) is 0 Å². The van der Waals surface area contributed by atoms with E-state index in [1.54, 1.807) is 12.5 Å². The molecule has 2 amide bonds. The zero-order chi connectivity index (χ0) is 15.3. The van der Waals surface area contributed by atoms with Gasteiger partial charge in [-0.3, -0.25) is 4.90 Å². The second-order valence-electron chi connectivity index (χ2n) is 5.79. The molecule has 3 heterocycles. The summed E-state index contributed by atoms with van der Waals surface area (Å²) in [6.07, 6.45) is 4.38. The molecule has 1 aromatic heterocycles. The first kappa shape index (κ1) is 15.7.